The van der Waals surface area contributed by atoms with E-state index in [0.717, 1.165) is 5.82 Å². The maximum Gasteiger partial charge on any atom is 0.236 e. The van der Waals surface area contributed by atoms with E-state index in [0.29, 0.717) is 37.2 Å². The Kier molecular flexibility index (Phi) is 6.45. The number of hydrogen-bond acceptors (Lipinski definition) is 5. The van der Waals surface area contributed by atoms with Gasteiger partial charge in [-0.2, -0.15) is 0 Å². The third kappa shape index (κ3) is 5.78. The molecule has 3 rings (SSSR count). The lowest BCUT2D eigenvalue weighted by Gasteiger charge is -2.30. The first-order chi connectivity index (χ1) is 14.0. The Morgan fingerprint density at radius 1 is 1.07 bits per heavy atom. The van der Waals surface area contributed by atoms with Crippen molar-refractivity contribution in [1.82, 2.24) is 4.98 Å². The summed E-state index contributed by atoms with van der Waals surface area (Å²) in [7, 11) is -3.65. The normalized spacial score (nSPS) is 15.3. The average Bonchev–Trinajstić information content (AvgIpc) is 2.66. The molecule has 1 aliphatic heterocycles. The van der Waals surface area contributed by atoms with Crippen molar-refractivity contribution in [2.75, 3.05) is 28.0 Å². The number of halogens is 1. The molecule has 30 heavy (non-hydrogen) atoms. The molecule has 162 valence electrons. The summed E-state index contributed by atoms with van der Waals surface area (Å²) in [5.41, 5.74) is 0.723. The molecule has 0 amide bonds. The molecule has 0 bridgehead atoms. The van der Waals surface area contributed by atoms with Crippen LogP contribution in [0.3, 0.4) is 0 Å². The lowest BCUT2D eigenvalue weighted by molar-refractivity contribution is -0.119. The van der Waals surface area contributed by atoms with Crippen LogP contribution in [-0.2, 0) is 21.4 Å². The molecule has 6 nitrogen and oxygen atoms in total. The smallest absolute Gasteiger partial charge is 0.236 e. The molecule has 1 aliphatic rings. The predicted molar refractivity (Wildman–Crippen MR) is 117 cm³/mol. The van der Waals surface area contributed by atoms with Crippen LogP contribution in [-0.4, -0.2) is 38.0 Å². The zero-order valence-corrected chi connectivity index (χ0v) is 18.5. The van der Waals surface area contributed by atoms with E-state index in [1.165, 1.54) is 16.4 Å². The van der Waals surface area contributed by atoms with Crippen LogP contribution < -0.4 is 9.21 Å². The van der Waals surface area contributed by atoms with Gasteiger partial charge < -0.3 is 4.90 Å². The number of hydrogen-bond donors (Lipinski definition) is 0. The van der Waals surface area contributed by atoms with E-state index < -0.39 is 15.4 Å². The topological polar surface area (TPSA) is 70.6 Å². The molecule has 2 heterocycles. The van der Waals surface area contributed by atoms with Gasteiger partial charge in [0.2, 0.25) is 10.0 Å². The average molecular weight is 434 g/mol. The minimum Gasteiger partial charge on any atom is -0.356 e. The van der Waals surface area contributed by atoms with Crippen molar-refractivity contribution >= 4 is 27.3 Å². The summed E-state index contributed by atoms with van der Waals surface area (Å²) in [5.74, 6) is 0.577. The number of anilines is 2. The monoisotopic (exact) mass is 433 g/mol. The van der Waals surface area contributed by atoms with Crippen LogP contribution in [0.25, 0.3) is 0 Å². The first-order valence-electron chi connectivity index (χ1n) is 10.0. The van der Waals surface area contributed by atoms with Gasteiger partial charge >= 0.3 is 0 Å². The number of aromatic nitrogens is 1. The Labute approximate surface area is 177 Å². The second kappa shape index (κ2) is 8.71. The largest absolute Gasteiger partial charge is 0.356 e. The third-order valence-corrected chi connectivity index (χ3v) is 7.10. The van der Waals surface area contributed by atoms with Crippen LogP contribution in [0.1, 0.15) is 39.2 Å². The van der Waals surface area contributed by atoms with Crippen molar-refractivity contribution in [3.05, 3.63) is 54.0 Å². The summed E-state index contributed by atoms with van der Waals surface area (Å²) < 4.78 is 41.1. The van der Waals surface area contributed by atoms with E-state index in [2.05, 4.69) is 4.98 Å². The van der Waals surface area contributed by atoms with Gasteiger partial charge in [0.25, 0.3) is 0 Å². The van der Waals surface area contributed by atoms with E-state index in [9.17, 15) is 17.6 Å². The third-order valence-electron chi connectivity index (χ3n) is 4.86. The Morgan fingerprint density at radius 3 is 2.23 bits per heavy atom. The molecule has 0 saturated carbocycles. The van der Waals surface area contributed by atoms with Crippen molar-refractivity contribution in [3.63, 3.8) is 0 Å². The minimum absolute atomic E-state index is 0.0306. The molecular formula is C22H28FN3O3S. The van der Waals surface area contributed by atoms with Crippen molar-refractivity contribution in [2.24, 2.45) is 5.41 Å². The summed E-state index contributed by atoms with van der Waals surface area (Å²) in [6.07, 6.45) is 2.55. The first kappa shape index (κ1) is 22.2. The standard InChI is InChI=1S/C22H28FN3O3S/c1-22(2,3)16-30(28,29)26(15-17-4-6-18(23)7-5-17)19-8-9-21(24-14-19)25-12-10-20(27)11-13-25/h4-9,14H,10-13,15-16H2,1-3H3. The molecule has 0 spiro atoms. The molecule has 2 aromatic rings. The van der Waals surface area contributed by atoms with Gasteiger partial charge in [-0.15, -0.1) is 0 Å². The highest BCUT2D eigenvalue weighted by Gasteiger charge is 2.29. The fraction of sp³-hybridized carbons (Fsp3) is 0.455. The molecule has 1 fully saturated rings. The molecule has 1 saturated heterocycles. The number of benzene rings is 1. The van der Waals surface area contributed by atoms with Crippen LogP contribution in [0.4, 0.5) is 15.9 Å². The van der Waals surface area contributed by atoms with Gasteiger partial charge in [0.05, 0.1) is 24.2 Å². The number of ketones is 1. The summed E-state index contributed by atoms with van der Waals surface area (Å²) in [6.45, 7) is 6.95. The highest BCUT2D eigenvalue weighted by molar-refractivity contribution is 7.92. The SMILES string of the molecule is CC(C)(C)CS(=O)(=O)N(Cc1ccc(F)cc1)c1ccc(N2CCC(=O)CC2)nc1. The minimum atomic E-state index is -3.65. The van der Waals surface area contributed by atoms with Crippen molar-refractivity contribution < 1.29 is 17.6 Å². The molecule has 0 unspecified atom stereocenters. The van der Waals surface area contributed by atoms with Crippen molar-refractivity contribution in [2.45, 2.75) is 40.2 Å². The zero-order valence-electron chi connectivity index (χ0n) is 17.6. The Morgan fingerprint density at radius 2 is 1.70 bits per heavy atom. The highest BCUT2D eigenvalue weighted by Crippen LogP contribution is 2.27. The summed E-state index contributed by atoms with van der Waals surface area (Å²) >= 11 is 0. The van der Waals surface area contributed by atoms with Crippen LogP contribution in [0.2, 0.25) is 0 Å². The second-order valence-electron chi connectivity index (χ2n) is 8.85. The van der Waals surface area contributed by atoms with Crippen LogP contribution in [0.5, 0.6) is 0 Å². The van der Waals surface area contributed by atoms with E-state index in [1.54, 1.807) is 30.5 Å². The summed E-state index contributed by atoms with van der Waals surface area (Å²) in [4.78, 5) is 17.9. The maximum absolute atomic E-state index is 13.3. The fourth-order valence-electron chi connectivity index (χ4n) is 3.43. The number of pyridine rings is 1. The molecule has 0 radical (unpaired) electrons. The molecule has 0 atom stereocenters. The number of sulfonamides is 1. The summed E-state index contributed by atoms with van der Waals surface area (Å²) in [6, 6.07) is 9.34. The molecule has 1 aromatic carbocycles. The van der Waals surface area contributed by atoms with Gasteiger partial charge in [0.15, 0.2) is 0 Å². The van der Waals surface area contributed by atoms with Crippen LogP contribution in [0, 0.1) is 11.2 Å². The molecule has 8 heteroatoms. The number of piperidine rings is 1. The van der Waals surface area contributed by atoms with Gasteiger partial charge in [0.1, 0.15) is 17.4 Å². The van der Waals surface area contributed by atoms with E-state index in [4.69, 9.17) is 0 Å². The first-order valence-corrected chi connectivity index (χ1v) is 11.6. The molecule has 0 N–H and O–H groups in total. The molecular weight excluding hydrogens is 405 g/mol. The fourth-order valence-corrected chi connectivity index (χ4v) is 5.45. The van der Waals surface area contributed by atoms with Gasteiger partial charge in [-0.05, 0) is 35.2 Å². The van der Waals surface area contributed by atoms with E-state index in [-0.39, 0.29) is 23.9 Å². The van der Waals surface area contributed by atoms with Crippen molar-refractivity contribution in [1.29, 1.82) is 0 Å². The van der Waals surface area contributed by atoms with Crippen LogP contribution >= 0.6 is 0 Å². The van der Waals surface area contributed by atoms with Gasteiger partial charge in [-0.3, -0.25) is 9.10 Å². The van der Waals surface area contributed by atoms with Gasteiger partial charge in [-0.25, -0.2) is 17.8 Å². The summed E-state index contributed by atoms with van der Waals surface area (Å²) in [5, 5.41) is 0. The lowest BCUT2D eigenvalue weighted by atomic mass is 10.0. The number of carbonyl (C=O) groups excluding carboxylic acids is 1. The predicted octanol–water partition coefficient (Wildman–Crippen LogP) is 3.77. The van der Waals surface area contributed by atoms with E-state index in [1.807, 2.05) is 25.7 Å². The number of carbonyl (C=O) groups is 1. The Balaban J connectivity index is 1.89. The molecule has 0 aliphatic carbocycles. The zero-order chi connectivity index (χ0) is 21.9. The quantitative estimate of drug-likeness (QED) is 0.694. The maximum atomic E-state index is 13.3. The van der Waals surface area contributed by atoms with Crippen LogP contribution in [0.15, 0.2) is 42.6 Å². The van der Waals surface area contributed by atoms with E-state index >= 15 is 0 Å². The number of nitrogens with zero attached hydrogens (tertiary/aromatic N) is 3. The van der Waals surface area contributed by atoms with Gasteiger partial charge in [-0.1, -0.05) is 32.9 Å². The highest BCUT2D eigenvalue weighted by atomic mass is 32.2. The molecule has 1 aromatic heterocycles. The Bertz CT molecular complexity index is 974. The second-order valence-corrected chi connectivity index (χ2v) is 10.7. The number of rotatable bonds is 6. The number of Topliss-reactive ketones (excluding diaryl/α,β-unsaturated/α-hetero) is 1. The van der Waals surface area contributed by atoms with Crippen molar-refractivity contribution in [3.8, 4) is 0 Å². The van der Waals surface area contributed by atoms with Gasteiger partial charge in [0, 0.05) is 25.9 Å². The Hall–Kier alpha value is -2.48. The lowest BCUT2D eigenvalue weighted by Crippen LogP contribution is -2.37.